The van der Waals surface area contributed by atoms with Crippen molar-refractivity contribution >= 4 is 29.3 Å². The van der Waals surface area contributed by atoms with E-state index in [-0.39, 0.29) is 5.82 Å². The highest BCUT2D eigenvalue weighted by Gasteiger charge is 2.34. The van der Waals surface area contributed by atoms with E-state index in [4.69, 9.17) is 21.1 Å². The molecule has 6 nitrogen and oxygen atoms in total. The maximum Gasteiger partial charge on any atom is 0.417 e. The fraction of sp³-hybridized carbons (Fsp3) is 0.136. The van der Waals surface area contributed by atoms with Crippen LogP contribution in [-0.2, 0) is 20.5 Å². The quantitative estimate of drug-likeness (QED) is 0.541. The lowest BCUT2D eigenvalue weighted by molar-refractivity contribution is -0.148. The number of hydrogen-bond donors (Lipinski definition) is 1. The molecule has 2 heterocycles. The molecule has 0 saturated heterocycles. The molecule has 10 heteroatoms. The maximum absolute atomic E-state index is 12.9. The minimum Gasteiger partial charge on any atom is -0.457 e. The molecule has 4 rings (SSSR count). The zero-order valence-electron chi connectivity index (χ0n) is 16.2. The molecule has 32 heavy (non-hydrogen) atoms. The third kappa shape index (κ3) is 4.38. The number of anilines is 1. The topological polar surface area (TPSA) is 77.5 Å². The van der Waals surface area contributed by atoms with Gasteiger partial charge in [0.15, 0.2) is 12.4 Å². The Bertz CT molecular complexity index is 1150. The second-order valence-corrected chi connectivity index (χ2v) is 7.23. The van der Waals surface area contributed by atoms with Crippen LogP contribution in [0, 0.1) is 0 Å². The summed E-state index contributed by atoms with van der Waals surface area (Å²) in [6.07, 6.45) is -4.08. The van der Waals surface area contributed by atoms with Gasteiger partial charge in [-0.1, -0.05) is 48.0 Å². The number of alkyl halides is 3. The number of ether oxygens (including phenoxy) is 2. The minimum atomic E-state index is -4.62. The molecule has 0 saturated carbocycles. The van der Waals surface area contributed by atoms with Crippen LogP contribution < -0.4 is 10.1 Å². The zero-order chi connectivity index (χ0) is 22.9. The number of para-hydroxylation sites is 2. The lowest BCUT2D eigenvalue weighted by Gasteiger charge is -2.26. The Hall–Kier alpha value is -3.59. The number of esters is 1. The second kappa shape index (κ2) is 8.51. The van der Waals surface area contributed by atoms with Crippen LogP contribution in [0.5, 0.6) is 11.5 Å². The smallest absolute Gasteiger partial charge is 0.417 e. The zero-order valence-corrected chi connectivity index (χ0v) is 16.9. The summed E-state index contributed by atoms with van der Waals surface area (Å²) in [7, 11) is 0. The number of fused-ring (bicyclic) bond motifs is 2. The lowest BCUT2D eigenvalue weighted by Crippen LogP contribution is -2.26. The van der Waals surface area contributed by atoms with Gasteiger partial charge in [-0.05, 0) is 18.2 Å². The molecule has 164 valence electrons. The maximum atomic E-state index is 12.9. The number of aromatic nitrogens is 1. The summed E-state index contributed by atoms with van der Waals surface area (Å²) in [5, 5.41) is 1.84. The van der Waals surface area contributed by atoms with Gasteiger partial charge < -0.3 is 14.8 Å². The molecule has 1 N–H and O–H groups in total. The molecule has 1 amide bonds. The Morgan fingerprint density at radius 2 is 1.66 bits per heavy atom. The average Bonchev–Trinajstić information content (AvgIpc) is 2.76. The van der Waals surface area contributed by atoms with Crippen molar-refractivity contribution in [2.45, 2.75) is 12.1 Å². The summed E-state index contributed by atoms with van der Waals surface area (Å²) < 4.78 is 49.1. The van der Waals surface area contributed by atoms with Crippen molar-refractivity contribution in [1.29, 1.82) is 0 Å². The number of carbonyl (C=O) groups is 2. The Kier molecular flexibility index (Phi) is 5.75. The Morgan fingerprint density at radius 1 is 1.06 bits per heavy atom. The summed E-state index contributed by atoms with van der Waals surface area (Å²) in [4.78, 5) is 28.6. The van der Waals surface area contributed by atoms with E-state index in [1.807, 2.05) is 0 Å². The third-order valence-corrected chi connectivity index (χ3v) is 4.98. The Morgan fingerprint density at radius 3 is 2.22 bits per heavy atom. The predicted molar refractivity (Wildman–Crippen MR) is 109 cm³/mol. The van der Waals surface area contributed by atoms with Crippen molar-refractivity contribution in [3.8, 4) is 11.5 Å². The van der Waals surface area contributed by atoms with E-state index in [1.165, 1.54) is 0 Å². The minimum absolute atomic E-state index is 0.275. The SMILES string of the molecule is O=C(COC(=O)C1c2ccccc2Oc2ccccc21)Nc1ncc(C(F)(F)F)cc1Cl. The number of halogens is 4. The molecule has 0 spiro atoms. The first-order valence-corrected chi connectivity index (χ1v) is 9.67. The van der Waals surface area contributed by atoms with Crippen LogP contribution in [-0.4, -0.2) is 23.5 Å². The van der Waals surface area contributed by atoms with Gasteiger partial charge in [0.2, 0.25) is 0 Å². The van der Waals surface area contributed by atoms with E-state index in [0.29, 0.717) is 34.9 Å². The van der Waals surface area contributed by atoms with Crippen molar-refractivity contribution in [3.63, 3.8) is 0 Å². The molecule has 1 aliphatic heterocycles. The molecule has 0 radical (unpaired) electrons. The summed E-state index contributed by atoms with van der Waals surface area (Å²) in [6.45, 7) is -0.681. The first kappa shape index (κ1) is 21.6. The van der Waals surface area contributed by atoms with E-state index in [2.05, 4.69) is 10.3 Å². The van der Waals surface area contributed by atoms with Crippen molar-refractivity contribution in [2.75, 3.05) is 11.9 Å². The molecule has 0 fully saturated rings. The molecule has 2 aromatic carbocycles. The summed E-state index contributed by atoms with van der Waals surface area (Å²) >= 11 is 5.78. The molecular weight excluding hydrogens is 449 g/mol. The van der Waals surface area contributed by atoms with Crippen LogP contribution >= 0.6 is 11.6 Å². The van der Waals surface area contributed by atoms with Gasteiger partial charge in [0.05, 0.1) is 10.6 Å². The van der Waals surface area contributed by atoms with E-state index in [0.717, 1.165) is 0 Å². The normalized spacial score (nSPS) is 12.9. The van der Waals surface area contributed by atoms with Crippen LogP contribution in [0.2, 0.25) is 5.02 Å². The average molecular weight is 463 g/mol. The molecule has 0 unspecified atom stereocenters. The summed E-state index contributed by atoms with van der Waals surface area (Å²) in [5.41, 5.74) is 0.122. The van der Waals surface area contributed by atoms with E-state index < -0.39 is 41.2 Å². The number of rotatable bonds is 4. The number of carbonyl (C=O) groups excluding carboxylic acids is 2. The number of nitrogens with zero attached hydrogens (tertiary/aromatic N) is 1. The van der Waals surface area contributed by atoms with Crippen molar-refractivity contribution in [2.24, 2.45) is 0 Å². The molecule has 3 aromatic rings. The number of benzene rings is 2. The number of hydrogen-bond acceptors (Lipinski definition) is 5. The summed E-state index contributed by atoms with van der Waals surface area (Å²) in [5.74, 6) is -1.58. The van der Waals surface area contributed by atoms with Crippen molar-refractivity contribution in [1.82, 2.24) is 4.98 Å². The highest BCUT2D eigenvalue weighted by atomic mass is 35.5. The third-order valence-electron chi connectivity index (χ3n) is 4.69. The van der Waals surface area contributed by atoms with Gasteiger partial charge in [0.1, 0.15) is 17.4 Å². The van der Waals surface area contributed by atoms with Crippen LogP contribution in [0.1, 0.15) is 22.6 Å². The van der Waals surface area contributed by atoms with Crippen molar-refractivity contribution < 1.29 is 32.2 Å². The Labute approximate surface area is 184 Å². The highest BCUT2D eigenvalue weighted by Crippen LogP contribution is 2.44. The molecule has 1 aromatic heterocycles. The first-order valence-electron chi connectivity index (χ1n) is 9.29. The van der Waals surface area contributed by atoms with Gasteiger partial charge in [-0.2, -0.15) is 13.2 Å². The number of nitrogens with one attached hydrogen (secondary N) is 1. The second-order valence-electron chi connectivity index (χ2n) is 6.82. The lowest BCUT2D eigenvalue weighted by atomic mass is 9.88. The number of pyridine rings is 1. The van der Waals surface area contributed by atoms with Crippen molar-refractivity contribution in [3.05, 3.63) is 82.5 Å². The largest absolute Gasteiger partial charge is 0.457 e. The van der Waals surface area contributed by atoms with Crippen LogP contribution in [0.3, 0.4) is 0 Å². The monoisotopic (exact) mass is 462 g/mol. The fourth-order valence-electron chi connectivity index (χ4n) is 3.24. The summed E-state index contributed by atoms with van der Waals surface area (Å²) in [6, 6.07) is 14.6. The van der Waals surface area contributed by atoms with Crippen LogP contribution in [0.15, 0.2) is 60.8 Å². The van der Waals surface area contributed by atoms with Gasteiger partial charge in [0, 0.05) is 17.3 Å². The van der Waals surface area contributed by atoms with E-state index in [9.17, 15) is 22.8 Å². The van der Waals surface area contributed by atoms with Crippen LogP contribution in [0.25, 0.3) is 0 Å². The first-order chi connectivity index (χ1) is 15.2. The van der Waals surface area contributed by atoms with Gasteiger partial charge in [-0.3, -0.25) is 9.59 Å². The van der Waals surface area contributed by atoms with E-state index >= 15 is 0 Å². The van der Waals surface area contributed by atoms with Gasteiger partial charge >= 0.3 is 12.1 Å². The van der Waals surface area contributed by atoms with E-state index in [1.54, 1.807) is 48.5 Å². The van der Waals surface area contributed by atoms with Gasteiger partial charge in [-0.15, -0.1) is 0 Å². The fourth-order valence-corrected chi connectivity index (χ4v) is 3.45. The molecule has 0 bridgehead atoms. The molecular formula is C22H14ClF3N2O4. The van der Waals surface area contributed by atoms with Gasteiger partial charge in [-0.25, -0.2) is 4.98 Å². The van der Waals surface area contributed by atoms with Crippen LogP contribution in [0.4, 0.5) is 19.0 Å². The number of amides is 1. The Balaban J connectivity index is 1.46. The molecule has 0 aliphatic carbocycles. The molecule has 0 atom stereocenters. The predicted octanol–water partition coefficient (Wildman–Crippen LogP) is 5.17. The van der Waals surface area contributed by atoms with Gasteiger partial charge in [0.25, 0.3) is 5.91 Å². The molecule has 1 aliphatic rings. The standard InChI is InChI=1S/C22H14ClF3N2O4/c23-15-9-12(22(24,25)26)10-27-20(15)28-18(29)11-31-21(30)19-13-5-1-3-7-16(13)32-17-8-4-2-6-14(17)19/h1-10,19H,11H2,(H,27,28,29). The highest BCUT2D eigenvalue weighted by molar-refractivity contribution is 6.33.